The van der Waals surface area contributed by atoms with Gasteiger partial charge in [-0.05, 0) is 18.8 Å². The van der Waals surface area contributed by atoms with Crippen molar-refractivity contribution in [1.29, 1.82) is 0 Å². The van der Waals surface area contributed by atoms with E-state index in [0.717, 1.165) is 25.7 Å². The van der Waals surface area contributed by atoms with Crippen molar-refractivity contribution in [1.82, 2.24) is 4.90 Å². The molecular formula is C13H24F2N2O. The van der Waals surface area contributed by atoms with E-state index in [1.165, 1.54) is 17.7 Å². The van der Waals surface area contributed by atoms with E-state index in [4.69, 9.17) is 5.73 Å². The fourth-order valence-electron chi connectivity index (χ4n) is 2.58. The molecule has 0 radical (unpaired) electrons. The fourth-order valence-corrected chi connectivity index (χ4v) is 2.58. The lowest BCUT2D eigenvalue weighted by Crippen LogP contribution is -2.39. The highest BCUT2D eigenvalue weighted by Gasteiger charge is 2.22. The van der Waals surface area contributed by atoms with E-state index in [1.807, 2.05) is 0 Å². The third-order valence-corrected chi connectivity index (χ3v) is 3.55. The van der Waals surface area contributed by atoms with Crippen LogP contribution in [-0.4, -0.2) is 36.9 Å². The lowest BCUT2D eigenvalue weighted by molar-refractivity contribution is -0.134. The first-order chi connectivity index (χ1) is 8.63. The molecule has 0 aromatic rings. The predicted octanol–water partition coefficient (Wildman–Crippen LogP) is 2.40. The number of alkyl halides is 2. The molecule has 0 saturated heterocycles. The minimum Gasteiger partial charge on any atom is -0.336 e. The quantitative estimate of drug-likeness (QED) is 0.747. The van der Waals surface area contributed by atoms with Crippen molar-refractivity contribution in [3.63, 3.8) is 0 Å². The van der Waals surface area contributed by atoms with Gasteiger partial charge in [-0.15, -0.1) is 0 Å². The number of amides is 1. The molecule has 1 aliphatic carbocycles. The van der Waals surface area contributed by atoms with Crippen molar-refractivity contribution in [3.8, 4) is 0 Å². The topological polar surface area (TPSA) is 46.3 Å². The number of carbonyl (C=O) groups excluding carboxylic acids is 1. The largest absolute Gasteiger partial charge is 0.336 e. The molecule has 1 rings (SSSR count). The van der Waals surface area contributed by atoms with Gasteiger partial charge in [-0.3, -0.25) is 4.79 Å². The summed E-state index contributed by atoms with van der Waals surface area (Å²) in [6, 6.07) is 0. The predicted molar refractivity (Wildman–Crippen MR) is 67.4 cm³/mol. The highest BCUT2D eigenvalue weighted by Crippen LogP contribution is 2.26. The van der Waals surface area contributed by atoms with Gasteiger partial charge in [-0.25, -0.2) is 8.78 Å². The molecule has 1 amide bonds. The third-order valence-electron chi connectivity index (χ3n) is 3.55. The van der Waals surface area contributed by atoms with Gasteiger partial charge >= 0.3 is 0 Å². The average molecular weight is 262 g/mol. The van der Waals surface area contributed by atoms with Crippen LogP contribution in [0.2, 0.25) is 0 Å². The highest BCUT2D eigenvalue weighted by atomic mass is 19.3. The molecule has 1 fully saturated rings. The molecular weight excluding hydrogens is 238 g/mol. The van der Waals surface area contributed by atoms with Gasteiger partial charge in [0.15, 0.2) is 0 Å². The van der Waals surface area contributed by atoms with Crippen LogP contribution in [0.3, 0.4) is 0 Å². The second kappa shape index (κ2) is 8.40. The minimum atomic E-state index is -2.48. The molecule has 3 nitrogen and oxygen atoms in total. The van der Waals surface area contributed by atoms with Crippen molar-refractivity contribution >= 4 is 5.91 Å². The molecule has 0 aromatic carbocycles. The molecule has 1 saturated carbocycles. The summed E-state index contributed by atoms with van der Waals surface area (Å²) in [4.78, 5) is 13.2. The van der Waals surface area contributed by atoms with Crippen LogP contribution in [0.15, 0.2) is 0 Å². The molecule has 0 heterocycles. The summed E-state index contributed by atoms with van der Waals surface area (Å²) >= 11 is 0. The second-order valence-corrected chi connectivity index (χ2v) is 5.08. The summed E-state index contributed by atoms with van der Waals surface area (Å²) in [7, 11) is 0. The zero-order valence-electron chi connectivity index (χ0n) is 10.9. The Hall–Kier alpha value is -0.710. The van der Waals surface area contributed by atoms with Gasteiger partial charge < -0.3 is 10.6 Å². The summed E-state index contributed by atoms with van der Waals surface area (Å²) in [5, 5.41) is 0. The molecule has 0 unspecified atom stereocenters. The van der Waals surface area contributed by atoms with Crippen molar-refractivity contribution < 1.29 is 13.6 Å². The van der Waals surface area contributed by atoms with Gasteiger partial charge in [0.25, 0.3) is 6.43 Å². The van der Waals surface area contributed by atoms with Crippen LogP contribution in [0, 0.1) is 5.92 Å². The standard InChI is InChI=1S/C13H24F2N2O/c14-12(15)10-17(8-7-16)13(18)9-11-5-3-1-2-4-6-11/h11-12H,1-10,16H2. The van der Waals surface area contributed by atoms with E-state index in [-0.39, 0.29) is 19.0 Å². The molecule has 0 atom stereocenters. The number of carbonyl (C=O) groups is 1. The van der Waals surface area contributed by atoms with Crippen LogP contribution in [0.5, 0.6) is 0 Å². The van der Waals surface area contributed by atoms with E-state index >= 15 is 0 Å². The summed E-state index contributed by atoms with van der Waals surface area (Å²) in [6.45, 7) is -0.0121. The number of rotatable bonds is 6. The zero-order valence-corrected chi connectivity index (χ0v) is 10.9. The van der Waals surface area contributed by atoms with Crippen LogP contribution in [0.4, 0.5) is 8.78 Å². The Balaban J connectivity index is 2.43. The van der Waals surface area contributed by atoms with E-state index in [2.05, 4.69) is 0 Å². The van der Waals surface area contributed by atoms with Crippen LogP contribution in [0.1, 0.15) is 44.9 Å². The Morgan fingerprint density at radius 3 is 2.33 bits per heavy atom. The van der Waals surface area contributed by atoms with Crippen molar-refractivity contribution in [2.24, 2.45) is 11.7 Å². The van der Waals surface area contributed by atoms with Gasteiger partial charge in [0.05, 0.1) is 6.54 Å². The molecule has 0 aromatic heterocycles. The van der Waals surface area contributed by atoms with Gasteiger partial charge in [-0.2, -0.15) is 0 Å². The summed E-state index contributed by atoms with van der Waals surface area (Å²) < 4.78 is 24.8. The Labute approximate surface area is 108 Å². The van der Waals surface area contributed by atoms with Crippen LogP contribution < -0.4 is 5.73 Å². The number of nitrogens with zero attached hydrogens (tertiary/aromatic N) is 1. The highest BCUT2D eigenvalue weighted by molar-refractivity contribution is 5.76. The third kappa shape index (κ3) is 5.76. The average Bonchev–Trinajstić information content (AvgIpc) is 2.56. The normalized spacial score (nSPS) is 17.8. The molecule has 18 heavy (non-hydrogen) atoms. The van der Waals surface area contributed by atoms with Crippen molar-refractivity contribution in [2.45, 2.75) is 51.4 Å². The number of hydrogen-bond donors (Lipinski definition) is 1. The summed E-state index contributed by atoms with van der Waals surface area (Å²) in [5.41, 5.74) is 5.36. The zero-order chi connectivity index (χ0) is 13.4. The van der Waals surface area contributed by atoms with Crippen molar-refractivity contribution in [2.75, 3.05) is 19.6 Å². The molecule has 0 bridgehead atoms. The molecule has 0 spiro atoms. The van der Waals surface area contributed by atoms with Gasteiger partial charge in [0, 0.05) is 19.5 Å². The second-order valence-electron chi connectivity index (χ2n) is 5.08. The molecule has 2 N–H and O–H groups in total. The maximum Gasteiger partial charge on any atom is 0.255 e. The van der Waals surface area contributed by atoms with Crippen LogP contribution in [0.25, 0.3) is 0 Å². The van der Waals surface area contributed by atoms with Crippen LogP contribution >= 0.6 is 0 Å². The van der Waals surface area contributed by atoms with E-state index in [1.54, 1.807) is 0 Å². The SMILES string of the molecule is NCCN(CC(F)F)C(=O)CC1CCCCCC1. The fraction of sp³-hybridized carbons (Fsp3) is 0.923. The molecule has 5 heteroatoms. The summed E-state index contributed by atoms with van der Waals surface area (Å²) in [5.74, 6) is 0.214. The van der Waals surface area contributed by atoms with E-state index in [9.17, 15) is 13.6 Å². The Kier molecular flexibility index (Phi) is 7.16. The Morgan fingerprint density at radius 1 is 1.22 bits per heavy atom. The van der Waals surface area contributed by atoms with Crippen LogP contribution in [-0.2, 0) is 4.79 Å². The monoisotopic (exact) mass is 262 g/mol. The van der Waals surface area contributed by atoms with E-state index < -0.39 is 13.0 Å². The maximum absolute atomic E-state index is 12.4. The van der Waals surface area contributed by atoms with Gasteiger partial charge in [-0.1, -0.05) is 25.7 Å². The Morgan fingerprint density at radius 2 is 1.83 bits per heavy atom. The maximum atomic E-state index is 12.4. The van der Waals surface area contributed by atoms with Gasteiger partial charge in [0.1, 0.15) is 0 Å². The molecule has 1 aliphatic rings. The van der Waals surface area contributed by atoms with E-state index in [0.29, 0.717) is 12.3 Å². The molecule has 106 valence electrons. The number of hydrogen-bond acceptors (Lipinski definition) is 2. The smallest absolute Gasteiger partial charge is 0.255 e. The van der Waals surface area contributed by atoms with Crippen molar-refractivity contribution in [3.05, 3.63) is 0 Å². The first kappa shape index (κ1) is 15.3. The summed E-state index contributed by atoms with van der Waals surface area (Å²) in [6.07, 6.45) is 4.81. The first-order valence-corrected chi connectivity index (χ1v) is 6.89. The minimum absolute atomic E-state index is 0.160. The lowest BCUT2D eigenvalue weighted by Gasteiger charge is -2.24. The first-order valence-electron chi connectivity index (χ1n) is 6.89. The number of halogens is 2. The lowest BCUT2D eigenvalue weighted by atomic mass is 9.96. The molecule has 0 aliphatic heterocycles. The number of nitrogens with two attached hydrogens (primary N) is 1. The Bertz CT molecular complexity index is 241. The van der Waals surface area contributed by atoms with Gasteiger partial charge in [0.2, 0.25) is 5.91 Å².